The van der Waals surface area contributed by atoms with Crippen molar-refractivity contribution in [1.82, 2.24) is 9.78 Å². The van der Waals surface area contributed by atoms with Gasteiger partial charge in [0.25, 0.3) is 0 Å². The second-order valence-electron chi connectivity index (χ2n) is 6.10. The molecule has 1 aromatic rings. The van der Waals surface area contributed by atoms with Gasteiger partial charge in [0.05, 0.1) is 22.0 Å². The summed E-state index contributed by atoms with van der Waals surface area (Å²) in [5.74, 6) is 0.847. The second-order valence-corrected chi connectivity index (χ2v) is 6.89. The van der Waals surface area contributed by atoms with Crippen molar-refractivity contribution in [3.8, 4) is 0 Å². The average Bonchev–Trinajstić information content (AvgIpc) is 2.74. The molecule has 1 aliphatic carbocycles. The van der Waals surface area contributed by atoms with Gasteiger partial charge in [-0.2, -0.15) is 5.10 Å². The normalized spacial score (nSPS) is 18.4. The van der Waals surface area contributed by atoms with E-state index in [1.807, 2.05) is 11.6 Å². The Morgan fingerprint density at radius 3 is 2.70 bits per heavy atom. The number of nitrogens with zero attached hydrogens (tertiary/aromatic N) is 2. The summed E-state index contributed by atoms with van der Waals surface area (Å²) in [6, 6.07) is 0. The van der Waals surface area contributed by atoms with Crippen molar-refractivity contribution < 1.29 is 5.11 Å². The molecule has 4 heteroatoms. The fourth-order valence-corrected chi connectivity index (χ4v) is 3.74. The molecule has 1 atom stereocenters. The predicted octanol–water partition coefficient (Wildman–Crippen LogP) is 4.24. The van der Waals surface area contributed by atoms with E-state index in [4.69, 9.17) is 0 Å². The van der Waals surface area contributed by atoms with E-state index in [2.05, 4.69) is 28.0 Å². The summed E-state index contributed by atoms with van der Waals surface area (Å²) in [5, 5.41) is 14.8. The fraction of sp³-hybridized carbons (Fsp3) is 0.812. The monoisotopic (exact) mass is 342 g/mol. The van der Waals surface area contributed by atoms with Crippen LogP contribution in [0, 0.1) is 12.8 Å². The third-order valence-electron chi connectivity index (χ3n) is 4.51. The Bertz CT molecular complexity index is 424. The number of rotatable bonds is 6. The number of hydrogen-bond donors (Lipinski definition) is 1. The molecule has 1 saturated carbocycles. The molecule has 1 aromatic heterocycles. The van der Waals surface area contributed by atoms with E-state index < -0.39 is 0 Å². The lowest BCUT2D eigenvalue weighted by Gasteiger charge is -2.22. The zero-order valence-electron chi connectivity index (χ0n) is 12.7. The zero-order valence-corrected chi connectivity index (χ0v) is 14.3. The zero-order chi connectivity index (χ0) is 14.5. The molecule has 0 aliphatic heterocycles. The van der Waals surface area contributed by atoms with E-state index in [0.717, 1.165) is 34.7 Å². The number of aryl methyl sites for hydroxylation is 2. The van der Waals surface area contributed by atoms with Crippen LogP contribution in [0.15, 0.2) is 4.47 Å². The van der Waals surface area contributed by atoms with Gasteiger partial charge in [-0.05, 0) is 48.5 Å². The highest BCUT2D eigenvalue weighted by Gasteiger charge is 2.18. The van der Waals surface area contributed by atoms with Crippen LogP contribution in [0.2, 0.25) is 0 Å². The van der Waals surface area contributed by atoms with Crippen molar-refractivity contribution in [1.29, 1.82) is 0 Å². The van der Waals surface area contributed by atoms with Crippen LogP contribution < -0.4 is 0 Å². The van der Waals surface area contributed by atoms with Crippen molar-refractivity contribution in [2.75, 3.05) is 0 Å². The maximum atomic E-state index is 10.3. The molecule has 2 rings (SSSR count). The first-order valence-electron chi connectivity index (χ1n) is 8.01. The first-order valence-corrected chi connectivity index (χ1v) is 8.81. The molecule has 1 heterocycles. The van der Waals surface area contributed by atoms with Gasteiger partial charge in [0.2, 0.25) is 0 Å². The molecule has 0 spiro atoms. The minimum absolute atomic E-state index is 0.241. The Labute approximate surface area is 130 Å². The first-order chi connectivity index (χ1) is 9.61. The smallest absolute Gasteiger partial charge is 0.0738 e. The molecule has 0 aromatic carbocycles. The van der Waals surface area contributed by atoms with E-state index >= 15 is 0 Å². The van der Waals surface area contributed by atoms with Crippen molar-refractivity contribution in [2.24, 2.45) is 5.92 Å². The second kappa shape index (κ2) is 7.60. The van der Waals surface area contributed by atoms with E-state index in [1.165, 1.54) is 38.5 Å². The van der Waals surface area contributed by atoms with E-state index in [0.29, 0.717) is 6.42 Å². The Morgan fingerprint density at radius 2 is 2.05 bits per heavy atom. The van der Waals surface area contributed by atoms with Crippen LogP contribution in [-0.4, -0.2) is 21.0 Å². The maximum absolute atomic E-state index is 10.3. The van der Waals surface area contributed by atoms with Crippen molar-refractivity contribution in [2.45, 2.75) is 77.9 Å². The van der Waals surface area contributed by atoms with Gasteiger partial charge in [0, 0.05) is 13.0 Å². The summed E-state index contributed by atoms with van der Waals surface area (Å²) in [4.78, 5) is 0. The fourth-order valence-electron chi connectivity index (χ4n) is 3.29. The quantitative estimate of drug-likeness (QED) is 0.839. The summed E-state index contributed by atoms with van der Waals surface area (Å²) >= 11 is 3.60. The molecule has 1 fully saturated rings. The van der Waals surface area contributed by atoms with E-state index in [1.54, 1.807) is 0 Å². The molecule has 1 aliphatic rings. The predicted molar refractivity (Wildman–Crippen MR) is 85.9 cm³/mol. The molecule has 20 heavy (non-hydrogen) atoms. The van der Waals surface area contributed by atoms with Crippen molar-refractivity contribution in [3.63, 3.8) is 0 Å². The molecule has 114 valence electrons. The third kappa shape index (κ3) is 4.08. The molecule has 1 N–H and O–H groups in total. The van der Waals surface area contributed by atoms with Gasteiger partial charge in [-0.1, -0.05) is 32.1 Å². The van der Waals surface area contributed by atoms with Crippen LogP contribution in [0.5, 0.6) is 0 Å². The SMILES string of the molecule is CCn1nc(C)c(Br)c1CC(O)CCC1CCCCC1. The summed E-state index contributed by atoms with van der Waals surface area (Å²) in [6.45, 7) is 4.96. The van der Waals surface area contributed by atoms with Gasteiger partial charge in [0.15, 0.2) is 0 Å². The summed E-state index contributed by atoms with van der Waals surface area (Å²) in [5.41, 5.74) is 2.16. The van der Waals surface area contributed by atoms with Gasteiger partial charge in [0.1, 0.15) is 0 Å². The number of hydrogen-bond acceptors (Lipinski definition) is 2. The standard InChI is InChI=1S/C16H27BrN2O/c1-3-19-15(16(17)12(2)18-19)11-14(20)10-9-13-7-5-4-6-8-13/h13-14,20H,3-11H2,1-2H3. The molecule has 0 amide bonds. The Hall–Kier alpha value is -0.350. The number of aromatic nitrogens is 2. The maximum Gasteiger partial charge on any atom is 0.0738 e. The van der Waals surface area contributed by atoms with Gasteiger partial charge in [-0.25, -0.2) is 0 Å². The number of halogens is 1. The molecular weight excluding hydrogens is 316 g/mol. The van der Waals surface area contributed by atoms with Gasteiger partial charge in [-0.3, -0.25) is 4.68 Å². The molecule has 0 bridgehead atoms. The van der Waals surface area contributed by atoms with Gasteiger partial charge >= 0.3 is 0 Å². The number of aliphatic hydroxyl groups is 1. The highest BCUT2D eigenvalue weighted by atomic mass is 79.9. The van der Waals surface area contributed by atoms with Crippen molar-refractivity contribution in [3.05, 3.63) is 15.9 Å². The average molecular weight is 343 g/mol. The summed E-state index contributed by atoms with van der Waals surface area (Å²) < 4.78 is 3.07. The third-order valence-corrected chi connectivity index (χ3v) is 5.55. The van der Waals surface area contributed by atoms with Crippen LogP contribution in [0.4, 0.5) is 0 Å². The molecule has 0 radical (unpaired) electrons. The highest BCUT2D eigenvalue weighted by molar-refractivity contribution is 9.10. The lowest BCUT2D eigenvalue weighted by molar-refractivity contribution is 0.147. The minimum atomic E-state index is -0.241. The van der Waals surface area contributed by atoms with Crippen LogP contribution in [-0.2, 0) is 13.0 Å². The van der Waals surface area contributed by atoms with Crippen LogP contribution in [0.3, 0.4) is 0 Å². The van der Waals surface area contributed by atoms with Crippen LogP contribution >= 0.6 is 15.9 Å². The molecule has 1 unspecified atom stereocenters. The molecular formula is C16H27BrN2O. The Morgan fingerprint density at radius 1 is 1.35 bits per heavy atom. The Kier molecular flexibility index (Phi) is 6.09. The van der Waals surface area contributed by atoms with Gasteiger partial charge < -0.3 is 5.11 Å². The molecule has 3 nitrogen and oxygen atoms in total. The summed E-state index contributed by atoms with van der Waals surface area (Å²) in [6.07, 6.45) is 9.47. The van der Waals surface area contributed by atoms with Crippen LogP contribution in [0.1, 0.15) is 63.3 Å². The summed E-state index contributed by atoms with van der Waals surface area (Å²) in [7, 11) is 0. The van der Waals surface area contributed by atoms with Crippen LogP contribution in [0.25, 0.3) is 0 Å². The largest absolute Gasteiger partial charge is 0.393 e. The van der Waals surface area contributed by atoms with E-state index in [-0.39, 0.29) is 6.10 Å². The minimum Gasteiger partial charge on any atom is -0.393 e. The lowest BCUT2D eigenvalue weighted by Crippen LogP contribution is -2.17. The van der Waals surface area contributed by atoms with E-state index in [9.17, 15) is 5.11 Å². The van der Waals surface area contributed by atoms with Crippen molar-refractivity contribution >= 4 is 15.9 Å². The Balaban J connectivity index is 1.86. The highest BCUT2D eigenvalue weighted by Crippen LogP contribution is 2.29. The topological polar surface area (TPSA) is 38.0 Å². The first kappa shape index (κ1) is 16.0. The molecule has 0 saturated heterocycles. The lowest BCUT2D eigenvalue weighted by atomic mass is 9.85. The number of aliphatic hydroxyl groups excluding tert-OH is 1. The van der Waals surface area contributed by atoms with Gasteiger partial charge in [-0.15, -0.1) is 0 Å².